The lowest BCUT2D eigenvalue weighted by molar-refractivity contribution is -0.153. The molecule has 0 aliphatic carbocycles. The summed E-state index contributed by atoms with van der Waals surface area (Å²) in [4.78, 5) is 22.7. The molecular weight excluding hydrogens is 100 g/mol. The second-order valence-electron chi connectivity index (χ2n) is 0.770. The van der Waals surface area contributed by atoms with E-state index in [1.165, 1.54) is 0 Å². The number of carbonyl (C=O) groups is 2. The van der Waals surface area contributed by atoms with Crippen LogP contribution in [0, 0.1) is 0 Å². The van der Waals surface area contributed by atoms with Gasteiger partial charge in [0.15, 0.2) is 0 Å². The number of hydrogen-bond donors (Lipinski definition) is 2. The smallest absolute Gasteiger partial charge is 0.366 e. The van der Waals surface area contributed by atoms with Gasteiger partial charge in [0.1, 0.15) is 0 Å². The lowest BCUT2D eigenvalue weighted by Gasteiger charge is -1.85. The molecule has 40 valence electrons. The first kappa shape index (κ1) is 5.90. The Morgan fingerprint density at radius 3 is 1.86 bits per heavy atom. The lowest BCUT2D eigenvalue weighted by atomic mass is 10.7. The largest absolute Gasteiger partial charge is 0.414 e. The van der Waals surface area contributed by atoms with Crippen LogP contribution in [0.1, 0.15) is 0 Å². The molecule has 0 spiro atoms. The molecule has 0 aromatic rings. The molecule has 5 heteroatoms. The Morgan fingerprint density at radius 2 is 1.86 bits per heavy atom. The van der Waals surface area contributed by atoms with Crippen molar-refractivity contribution in [3.05, 3.63) is 0 Å². The van der Waals surface area contributed by atoms with Gasteiger partial charge < -0.3 is 10.6 Å². The molecule has 5 nitrogen and oxygen atoms in total. The van der Waals surface area contributed by atoms with Crippen LogP contribution >= 0.6 is 0 Å². The Bertz CT molecular complexity index is 99.1. The van der Waals surface area contributed by atoms with Crippen molar-refractivity contribution in [2.75, 3.05) is 0 Å². The van der Waals surface area contributed by atoms with E-state index in [0.29, 0.717) is 0 Å². The first-order valence-corrected chi connectivity index (χ1v) is 1.39. The van der Waals surface area contributed by atoms with Crippen molar-refractivity contribution in [2.24, 2.45) is 11.6 Å². The van der Waals surface area contributed by atoms with Crippen LogP contribution in [0.2, 0.25) is 0 Å². The SMILES string of the molecule is NOC(=O)C(N)=O. The third kappa shape index (κ3) is 1.72. The Labute approximate surface area is 39.2 Å². The van der Waals surface area contributed by atoms with Gasteiger partial charge in [0.25, 0.3) is 0 Å². The molecule has 1 amide bonds. The molecule has 0 heterocycles. The summed E-state index contributed by atoms with van der Waals surface area (Å²) < 4.78 is 0. The normalized spacial score (nSPS) is 7.57. The van der Waals surface area contributed by atoms with Gasteiger partial charge in [0.2, 0.25) is 0 Å². The van der Waals surface area contributed by atoms with Crippen molar-refractivity contribution in [1.29, 1.82) is 0 Å². The van der Waals surface area contributed by atoms with E-state index in [1.54, 1.807) is 0 Å². The number of carbonyl (C=O) groups excluding carboxylic acids is 2. The van der Waals surface area contributed by atoms with Crippen molar-refractivity contribution in [3.8, 4) is 0 Å². The minimum atomic E-state index is -1.24. The van der Waals surface area contributed by atoms with Gasteiger partial charge in [-0.15, -0.1) is 0 Å². The van der Waals surface area contributed by atoms with Crippen LogP contribution in [0.5, 0.6) is 0 Å². The fraction of sp³-hybridized carbons (Fsp3) is 0. The third-order valence-corrected chi connectivity index (χ3v) is 0.308. The molecule has 0 saturated carbocycles. The second-order valence-corrected chi connectivity index (χ2v) is 0.770. The lowest BCUT2D eigenvalue weighted by Crippen LogP contribution is -2.27. The fourth-order valence-corrected chi connectivity index (χ4v) is 0.0581. The highest BCUT2D eigenvalue weighted by atomic mass is 16.7. The van der Waals surface area contributed by atoms with Gasteiger partial charge in [-0.2, -0.15) is 5.90 Å². The molecule has 0 radical (unpaired) electrons. The highest BCUT2D eigenvalue weighted by molar-refractivity contribution is 6.31. The van der Waals surface area contributed by atoms with Crippen molar-refractivity contribution < 1.29 is 14.4 Å². The molecule has 0 atom stereocenters. The van der Waals surface area contributed by atoms with E-state index in [9.17, 15) is 9.59 Å². The summed E-state index contributed by atoms with van der Waals surface area (Å²) in [5.74, 6) is 1.79. The Kier molecular flexibility index (Phi) is 1.80. The molecule has 0 rings (SSSR count). The monoisotopic (exact) mass is 104 g/mol. The maximum Gasteiger partial charge on any atom is 0.414 e. The molecular formula is C2H4N2O3. The quantitative estimate of drug-likeness (QED) is 0.271. The van der Waals surface area contributed by atoms with Crippen LogP contribution in [0.25, 0.3) is 0 Å². The summed E-state index contributed by atoms with van der Waals surface area (Å²) in [5, 5.41) is 0. The van der Waals surface area contributed by atoms with Crippen molar-refractivity contribution >= 4 is 11.9 Å². The zero-order valence-corrected chi connectivity index (χ0v) is 3.38. The Morgan fingerprint density at radius 1 is 1.43 bits per heavy atom. The molecule has 0 unspecified atom stereocenters. The summed E-state index contributed by atoms with van der Waals surface area (Å²) in [6.45, 7) is 0. The maximum atomic E-state index is 9.69. The van der Waals surface area contributed by atoms with Crippen LogP contribution in [-0.4, -0.2) is 11.9 Å². The van der Waals surface area contributed by atoms with Crippen LogP contribution < -0.4 is 11.6 Å². The summed E-state index contributed by atoms with van der Waals surface area (Å²) >= 11 is 0. The molecule has 0 aromatic heterocycles. The van der Waals surface area contributed by atoms with Gasteiger partial charge in [-0.05, 0) is 0 Å². The minimum Gasteiger partial charge on any atom is -0.366 e. The van der Waals surface area contributed by atoms with Crippen molar-refractivity contribution in [2.45, 2.75) is 0 Å². The molecule has 0 aromatic carbocycles. The van der Waals surface area contributed by atoms with E-state index in [4.69, 9.17) is 0 Å². The number of hydrogen-bond acceptors (Lipinski definition) is 4. The number of amides is 1. The van der Waals surface area contributed by atoms with Crippen LogP contribution in [0.3, 0.4) is 0 Å². The molecule has 0 bridgehead atoms. The van der Waals surface area contributed by atoms with E-state index in [1.807, 2.05) is 0 Å². The molecule has 0 aliphatic rings. The summed E-state index contributed by atoms with van der Waals surface area (Å²) in [5.41, 5.74) is 4.35. The van der Waals surface area contributed by atoms with E-state index < -0.39 is 11.9 Å². The number of primary amides is 1. The Balaban J connectivity index is 3.58. The first-order valence-electron chi connectivity index (χ1n) is 1.39. The van der Waals surface area contributed by atoms with Gasteiger partial charge in [0, 0.05) is 0 Å². The van der Waals surface area contributed by atoms with Gasteiger partial charge >= 0.3 is 11.9 Å². The van der Waals surface area contributed by atoms with Crippen molar-refractivity contribution in [3.63, 3.8) is 0 Å². The second kappa shape index (κ2) is 2.14. The van der Waals surface area contributed by atoms with Gasteiger partial charge in [0.05, 0.1) is 0 Å². The number of rotatable bonds is 0. The van der Waals surface area contributed by atoms with Gasteiger partial charge in [-0.3, -0.25) is 4.79 Å². The number of nitrogens with two attached hydrogens (primary N) is 2. The van der Waals surface area contributed by atoms with Crippen LogP contribution in [0.15, 0.2) is 0 Å². The highest BCUT2D eigenvalue weighted by Gasteiger charge is 2.06. The predicted octanol–water partition coefficient (Wildman–Crippen LogP) is -2.11. The summed E-state index contributed by atoms with van der Waals surface area (Å²) in [6, 6.07) is 0. The van der Waals surface area contributed by atoms with E-state index in [2.05, 4.69) is 16.5 Å². The molecule has 0 fully saturated rings. The topological polar surface area (TPSA) is 95.4 Å². The minimum absolute atomic E-state index is 1.19. The maximum absolute atomic E-state index is 9.69. The van der Waals surface area contributed by atoms with Gasteiger partial charge in [-0.1, -0.05) is 0 Å². The fourth-order valence-electron chi connectivity index (χ4n) is 0.0581. The van der Waals surface area contributed by atoms with E-state index in [0.717, 1.165) is 0 Å². The first-order chi connectivity index (χ1) is 3.18. The predicted molar refractivity (Wildman–Crippen MR) is 19.5 cm³/mol. The molecule has 0 saturated heterocycles. The van der Waals surface area contributed by atoms with Crippen LogP contribution in [0.4, 0.5) is 0 Å². The molecule has 0 aliphatic heterocycles. The average Bonchev–Trinajstić information content (AvgIpc) is 1.65. The van der Waals surface area contributed by atoms with E-state index in [-0.39, 0.29) is 0 Å². The highest BCUT2D eigenvalue weighted by Crippen LogP contribution is 1.61. The van der Waals surface area contributed by atoms with Crippen molar-refractivity contribution in [1.82, 2.24) is 0 Å². The zero-order chi connectivity index (χ0) is 5.86. The zero-order valence-electron chi connectivity index (χ0n) is 3.38. The van der Waals surface area contributed by atoms with Crippen LogP contribution in [-0.2, 0) is 14.4 Å². The van der Waals surface area contributed by atoms with Gasteiger partial charge in [-0.25, -0.2) is 4.79 Å². The molecule has 7 heavy (non-hydrogen) atoms. The standard InChI is InChI=1S/C2H4N2O3/c3-1(5)2(6)7-4/h4H2,(H2,3,5). The summed E-state index contributed by atoms with van der Waals surface area (Å²) in [6.07, 6.45) is 0. The van der Waals surface area contributed by atoms with E-state index >= 15 is 0 Å². The molecule has 4 N–H and O–H groups in total. The third-order valence-electron chi connectivity index (χ3n) is 0.308. The average molecular weight is 104 g/mol. The Hall–Kier alpha value is -1.10. The summed E-state index contributed by atoms with van der Waals surface area (Å²) in [7, 11) is 0.